The Balaban J connectivity index is 1.86. The van der Waals surface area contributed by atoms with Crippen molar-refractivity contribution in [3.63, 3.8) is 0 Å². The molecule has 102 valence electrons. The topological polar surface area (TPSA) is 63.3 Å². The highest BCUT2D eigenvalue weighted by atomic mass is 16.5. The van der Waals surface area contributed by atoms with E-state index in [2.05, 4.69) is 5.16 Å². The summed E-state index contributed by atoms with van der Waals surface area (Å²) in [5.74, 6) is 0.285. The molecule has 1 heterocycles. The van der Waals surface area contributed by atoms with Gasteiger partial charge in [-0.15, -0.1) is 0 Å². The van der Waals surface area contributed by atoms with Crippen LogP contribution in [0.2, 0.25) is 0 Å². The molecule has 1 aliphatic rings. The molecular formula is C16H15NO3. The van der Waals surface area contributed by atoms with E-state index in [0.717, 1.165) is 5.56 Å². The van der Waals surface area contributed by atoms with Gasteiger partial charge in [0.2, 0.25) is 0 Å². The summed E-state index contributed by atoms with van der Waals surface area (Å²) in [6, 6.07) is 9.56. The summed E-state index contributed by atoms with van der Waals surface area (Å²) in [6.45, 7) is 2.01. The minimum absolute atomic E-state index is 0.0224. The van der Waals surface area contributed by atoms with Gasteiger partial charge in [0.15, 0.2) is 11.5 Å². The first-order valence-electron chi connectivity index (χ1n) is 6.60. The van der Waals surface area contributed by atoms with E-state index in [4.69, 9.17) is 4.52 Å². The number of Topliss-reactive ketones (excluding diaryl/α,β-unsaturated/α-hetero) is 1. The van der Waals surface area contributed by atoms with Crippen LogP contribution in [0.25, 0.3) is 11.3 Å². The molecule has 1 aromatic heterocycles. The van der Waals surface area contributed by atoms with Crippen LogP contribution in [-0.2, 0) is 4.79 Å². The number of hydrogen-bond donors (Lipinski definition) is 1. The predicted octanol–water partition coefficient (Wildman–Crippen LogP) is 2.97. The first-order chi connectivity index (χ1) is 9.65. The van der Waals surface area contributed by atoms with Crippen LogP contribution in [0.3, 0.4) is 0 Å². The number of aliphatic hydroxyl groups is 1. The smallest absolute Gasteiger partial charge is 0.170 e. The van der Waals surface area contributed by atoms with Crippen molar-refractivity contribution in [1.82, 2.24) is 5.16 Å². The Morgan fingerprint density at radius 3 is 2.70 bits per heavy atom. The maximum atomic E-state index is 11.6. The SMILES string of the molecule is Cc1ccc(-c2cc(C(O)C3=CCCC3=O)on2)cc1. The number of ketones is 1. The lowest BCUT2D eigenvalue weighted by molar-refractivity contribution is -0.115. The van der Waals surface area contributed by atoms with E-state index in [1.807, 2.05) is 31.2 Å². The number of hydrogen-bond acceptors (Lipinski definition) is 4. The molecule has 0 bridgehead atoms. The average Bonchev–Trinajstić information content (AvgIpc) is 3.08. The van der Waals surface area contributed by atoms with Crippen molar-refractivity contribution in [2.24, 2.45) is 0 Å². The largest absolute Gasteiger partial charge is 0.380 e. The maximum absolute atomic E-state index is 11.6. The number of aryl methyl sites for hydroxylation is 1. The second kappa shape index (κ2) is 5.06. The van der Waals surface area contributed by atoms with Gasteiger partial charge in [-0.05, 0) is 13.3 Å². The van der Waals surface area contributed by atoms with Crippen molar-refractivity contribution in [3.8, 4) is 11.3 Å². The van der Waals surface area contributed by atoms with Gasteiger partial charge >= 0.3 is 0 Å². The molecule has 0 saturated carbocycles. The fourth-order valence-electron chi connectivity index (χ4n) is 2.31. The molecule has 4 nitrogen and oxygen atoms in total. The zero-order valence-corrected chi connectivity index (χ0v) is 11.2. The van der Waals surface area contributed by atoms with E-state index in [-0.39, 0.29) is 5.78 Å². The lowest BCUT2D eigenvalue weighted by Gasteiger charge is -2.05. The van der Waals surface area contributed by atoms with Gasteiger partial charge in [0, 0.05) is 23.6 Å². The summed E-state index contributed by atoms with van der Waals surface area (Å²) in [4.78, 5) is 11.6. The summed E-state index contributed by atoms with van der Waals surface area (Å²) in [5.41, 5.74) is 3.16. The normalized spacial score (nSPS) is 16.3. The monoisotopic (exact) mass is 269 g/mol. The standard InChI is InChI=1S/C16H15NO3/c1-10-5-7-11(8-6-10)13-9-15(20-17-13)16(19)12-3-2-4-14(12)18/h3,5-9,16,19H,2,4H2,1H3. The van der Waals surface area contributed by atoms with Gasteiger partial charge in [-0.1, -0.05) is 41.1 Å². The molecule has 1 N–H and O–H groups in total. The third kappa shape index (κ3) is 2.30. The molecule has 1 aromatic carbocycles. The Morgan fingerprint density at radius 2 is 2.05 bits per heavy atom. The third-order valence-corrected chi connectivity index (χ3v) is 3.50. The predicted molar refractivity (Wildman–Crippen MR) is 74.0 cm³/mol. The van der Waals surface area contributed by atoms with E-state index in [9.17, 15) is 9.90 Å². The first kappa shape index (κ1) is 12.8. The van der Waals surface area contributed by atoms with Crippen molar-refractivity contribution < 1.29 is 14.4 Å². The molecule has 0 radical (unpaired) electrons. The Hall–Kier alpha value is -2.20. The van der Waals surface area contributed by atoms with Crippen LogP contribution in [0.15, 0.2) is 46.5 Å². The zero-order valence-electron chi connectivity index (χ0n) is 11.2. The highest BCUT2D eigenvalue weighted by Gasteiger charge is 2.26. The molecule has 3 rings (SSSR count). The summed E-state index contributed by atoms with van der Waals surface area (Å²) in [5, 5.41) is 14.1. The number of benzene rings is 1. The fraction of sp³-hybridized carbons (Fsp3) is 0.250. The van der Waals surface area contributed by atoms with Crippen molar-refractivity contribution in [3.05, 3.63) is 53.3 Å². The summed E-state index contributed by atoms with van der Waals surface area (Å²) in [6.07, 6.45) is 1.90. The van der Waals surface area contributed by atoms with Gasteiger partial charge < -0.3 is 9.63 Å². The van der Waals surface area contributed by atoms with E-state index in [1.54, 1.807) is 12.1 Å². The highest BCUT2D eigenvalue weighted by Crippen LogP contribution is 2.30. The quantitative estimate of drug-likeness (QED) is 0.930. The second-order valence-electron chi connectivity index (χ2n) is 5.00. The van der Waals surface area contributed by atoms with Crippen molar-refractivity contribution in [2.75, 3.05) is 0 Å². The first-order valence-corrected chi connectivity index (χ1v) is 6.60. The Morgan fingerprint density at radius 1 is 1.30 bits per heavy atom. The maximum Gasteiger partial charge on any atom is 0.170 e. The van der Waals surface area contributed by atoms with Crippen molar-refractivity contribution >= 4 is 5.78 Å². The van der Waals surface area contributed by atoms with Crippen LogP contribution in [-0.4, -0.2) is 16.0 Å². The number of rotatable bonds is 3. The van der Waals surface area contributed by atoms with Gasteiger partial charge in [-0.3, -0.25) is 4.79 Å². The molecule has 0 aliphatic heterocycles. The number of aliphatic hydroxyl groups excluding tert-OH is 1. The summed E-state index contributed by atoms with van der Waals surface area (Å²) in [7, 11) is 0. The molecule has 1 atom stereocenters. The van der Waals surface area contributed by atoms with Crippen molar-refractivity contribution in [1.29, 1.82) is 0 Å². The highest BCUT2D eigenvalue weighted by molar-refractivity contribution is 5.98. The van der Waals surface area contributed by atoms with Crippen LogP contribution in [0.5, 0.6) is 0 Å². The molecule has 0 saturated heterocycles. The molecule has 2 aromatic rings. The lowest BCUT2D eigenvalue weighted by Crippen LogP contribution is -2.06. The minimum atomic E-state index is -1.02. The third-order valence-electron chi connectivity index (χ3n) is 3.50. The molecule has 0 spiro atoms. The molecular weight excluding hydrogens is 254 g/mol. The van der Waals surface area contributed by atoms with E-state index >= 15 is 0 Å². The molecule has 4 heteroatoms. The Kier molecular flexibility index (Phi) is 3.24. The van der Waals surface area contributed by atoms with Crippen molar-refractivity contribution in [2.45, 2.75) is 25.9 Å². The molecule has 1 unspecified atom stereocenters. The van der Waals surface area contributed by atoms with E-state index in [1.165, 1.54) is 5.56 Å². The van der Waals surface area contributed by atoms with Gasteiger partial charge in [-0.25, -0.2) is 0 Å². The van der Waals surface area contributed by atoms with Gasteiger partial charge in [0.05, 0.1) is 0 Å². The number of carbonyl (C=O) groups excluding carboxylic acids is 1. The van der Waals surface area contributed by atoms with Crippen LogP contribution >= 0.6 is 0 Å². The van der Waals surface area contributed by atoms with Gasteiger partial charge in [0.25, 0.3) is 0 Å². The van der Waals surface area contributed by atoms with Crippen LogP contribution in [0.1, 0.15) is 30.3 Å². The molecule has 0 fully saturated rings. The Bertz CT molecular complexity index is 667. The summed E-state index contributed by atoms with van der Waals surface area (Å²) >= 11 is 0. The molecule has 20 heavy (non-hydrogen) atoms. The van der Waals surface area contributed by atoms with E-state index < -0.39 is 6.10 Å². The van der Waals surface area contributed by atoms with Crippen LogP contribution in [0.4, 0.5) is 0 Å². The molecule has 1 aliphatic carbocycles. The molecule has 0 amide bonds. The lowest BCUT2D eigenvalue weighted by atomic mass is 10.0. The minimum Gasteiger partial charge on any atom is -0.380 e. The van der Waals surface area contributed by atoms with E-state index in [0.29, 0.717) is 29.9 Å². The Labute approximate surface area is 116 Å². The number of allylic oxidation sites excluding steroid dienone is 1. The summed E-state index contributed by atoms with van der Waals surface area (Å²) < 4.78 is 5.18. The van der Waals surface area contributed by atoms with Gasteiger partial charge in [0.1, 0.15) is 11.8 Å². The number of aromatic nitrogens is 1. The second-order valence-corrected chi connectivity index (χ2v) is 5.00. The van der Waals surface area contributed by atoms with Crippen LogP contribution in [0, 0.1) is 6.92 Å². The zero-order chi connectivity index (χ0) is 14.1. The number of carbonyl (C=O) groups is 1. The van der Waals surface area contributed by atoms with Gasteiger partial charge in [-0.2, -0.15) is 0 Å². The fourth-order valence-corrected chi connectivity index (χ4v) is 2.31. The van der Waals surface area contributed by atoms with Crippen LogP contribution < -0.4 is 0 Å². The number of nitrogens with zero attached hydrogens (tertiary/aromatic N) is 1. The average molecular weight is 269 g/mol.